The Bertz CT molecular complexity index is 729. The lowest BCUT2D eigenvalue weighted by atomic mass is 10.1. The molecule has 1 aliphatic rings. The molecule has 0 aromatic heterocycles. The first-order valence-electron chi connectivity index (χ1n) is 10.6. The molecular formula is C21H34NO8P. The van der Waals surface area contributed by atoms with Crippen LogP contribution < -0.4 is 9.61 Å². The second kappa shape index (κ2) is 11.9. The third-order valence-corrected chi connectivity index (χ3v) is 6.94. The van der Waals surface area contributed by atoms with Crippen molar-refractivity contribution in [1.29, 1.82) is 0 Å². The molecule has 9 nitrogen and oxygen atoms in total. The Morgan fingerprint density at radius 3 is 2.39 bits per heavy atom. The van der Waals surface area contributed by atoms with Crippen molar-refractivity contribution < 1.29 is 38.1 Å². The van der Waals surface area contributed by atoms with Crippen molar-refractivity contribution in [1.82, 2.24) is 5.09 Å². The molecule has 0 spiro atoms. The van der Waals surface area contributed by atoms with Gasteiger partial charge in [0.05, 0.1) is 19.3 Å². The van der Waals surface area contributed by atoms with E-state index >= 15 is 0 Å². The molecule has 1 aliphatic heterocycles. The van der Waals surface area contributed by atoms with Crippen LogP contribution in [0.3, 0.4) is 0 Å². The molecule has 0 aliphatic carbocycles. The van der Waals surface area contributed by atoms with Crippen LogP contribution >= 0.6 is 7.75 Å². The number of ether oxygens (including phenoxy) is 2. The standard InChI is InChI=1S/C21H34NO8P/c1-5-16(6-2)12-27-21(25)14(3)22-31(26,30-17-10-8-7-9-11-17)28-13-18-20(24)19(23)15(4)29-18/h7-11,14-16,18-20,23-24H,5-6,12-13H2,1-4H3,(H,22,26)/t14?,15-,18?,19-,20+,31?/m0/s1. The molecule has 1 saturated heterocycles. The number of carbonyl (C=O) groups is 1. The number of hydrogen-bond acceptors (Lipinski definition) is 8. The predicted molar refractivity (Wildman–Crippen MR) is 115 cm³/mol. The number of carbonyl (C=O) groups excluding carboxylic acids is 1. The van der Waals surface area contributed by atoms with E-state index in [9.17, 15) is 19.6 Å². The number of aliphatic hydroxyl groups is 2. The van der Waals surface area contributed by atoms with Crippen molar-refractivity contribution >= 4 is 13.7 Å². The summed E-state index contributed by atoms with van der Waals surface area (Å²) in [4.78, 5) is 12.4. The second-order valence-corrected chi connectivity index (χ2v) is 9.42. The van der Waals surface area contributed by atoms with Crippen LogP contribution in [0.15, 0.2) is 30.3 Å². The molecule has 0 saturated carbocycles. The molecule has 2 rings (SSSR count). The summed E-state index contributed by atoms with van der Waals surface area (Å²) in [6, 6.07) is 7.41. The zero-order valence-electron chi connectivity index (χ0n) is 18.5. The zero-order valence-corrected chi connectivity index (χ0v) is 19.4. The second-order valence-electron chi connectivity index (χ2n) is 7.72. The number of para-hydroxylation sites is 1. The summed E-state index contributed by atoms with van der Waals surface area (Å²) in [5, 5.41) is 22.5. The quantitative estimate of drug-likeness (QED) is 0.320. The molecule has 176 valence electrons. The van der Waals surface area contributed by atoms with Gasteiger partial charge in [-0.15, -0.1) is 0 Å². The smallest absolute Gasteiger partial charge is 0.459 e. The fourth-order valence-corrected chi connectivity index (χ4v) is 4.60. The van der Waals surface area contributed by atoms with Gasteiger partial charge in [0, 0.05) is 0 Å². The van der Waals surface area contributed by atoms with Crippen LogP contribution in [0.25, 0.3) is 0 Å². The van der Waals surface area contributed by atoms with Gasteiger partial charge in [-0.3, -0.25) is 9.32 Å². The monoisotopic (exact) mass is 459 g/mol. The van der Waals surface area contributed by atoms with E-state index < -0.39 is 44.2 Å². The molecule has 0 amide bonds. The number of nitrogens with one attached hydrogen (secondary N) is 1. The molecule has 1 fully saturated rings. The molecular weight excluding hydrogens is 425 g/mol. The molecule has 1 heterocycles. The summed E-state index contributed by atoms with van der Waals surface area (Å²) >= 11 is 0. The zero-order chi connectivity index (χ0) is 23.0. The van der Waals surface area contributed by atoms with Gasteiger partial charge in [-0.05, 0) is 31.9 Å². The van der Waals surface area contributed by atoms with E-state index in [0.29, 0.717) is 0 Å². The van der Waals surface area contributed by atoms with E-state index in [1.165, 1.54) is 6.92 Å². The van der Waals surface area contributed by atoms with Gasteiger partial charge in [-0.2, -0.15) is 5.09 Å². The Morgan fingerprint density at radius 1 is 1.19 bits per heavy atom. The number of rotatable bonds is 12. The Labute approximate surface area is 183 Å². The minimum atomic E-state index is -4.05. The Balaban J connectivity index is 2.05. The van der Waals surface area contributed by atoms with Crippen molar-refractivity contribution in [2.45, 2.75) is 71.0 Å². The third-order valence-electron chi connectivity index (χ3n) is 5.30. The first-order chi connectivity index (χ1) is 14.7. The normalized spacial score (nSPS) is 26.4. The number of aliphatic hydroxyl groups excluding tert-OH is 2. The number of esters is 1. The average Bonchev–Trinajstić information content (AvgIpc) is 3.00. The Hall–Kier alpha value is -1.48. The molecule has 1 aromatic carbocycles. The first kappa shape index (κ1) is 25.8. The SMILES string of the molecule is CCC(CC)COC(=O)C(C)NP(=O)(OCC1O[C@@H](C)[C@H](O)[C@@H]1O)Oc1ccccc1. The molecule has 10 heteroatoms. The maximum absolute atomic E-state index is 13.4. The van der Waals surface area contributed by atoms with E-state index in [4.69, 9.17) is 18.5 Å². The predicted octanol–water partition coefficient (Wildman–Crippen LogP) is 2.66. The summed E-state index contributed by atoms with van der Waals surface area (Å²) in [6.45, 7) is 7.14. The van der Waals surface area contributed by atoms with Gasteiger partial charge < -0.3 is 24.2 Å². The lowest BCUT2D eigenvalue weighted by Crippen LogP contribution is -2.37. The topological polar surface area (TPSA) is 124 Å². The van der Waals surface area contributed by atoms with E-state index in [0.717, 1.165) is 12.8 Å². The highest BCUT2D eigenvalue weighted by Gasteiger charge is 2.42. The van der Waals surface area contributed by atoms with Crippen molar-refractivity contribution in [2.24, 2.45) is 5.92 Å². The van der Waals surface area contributed by atoms with E-state index in [-0.39, 0.29) is 24.9 Å². The molecule has 0 radical (unpaired) electrons. The van der Waals surface area contributed by atoms with Crippen molar-refractivity contribution in [3.8, 4) is 5.75 Å². The molecule has 1 aromatic rings. The highest BCUT2D eigenvalue weighted by Crippen LogP contribution is 2.45. The minimum absolute atomic E-state index is 0.259. The minimum Gasteiger partial charge on any atom is -0.464 e. The lowest BCUT2D eigenvalue weighted by Gasteiger charge is -2.25. The van der Waals surface area contributed by atoms with Crippen LogP contribution in [0, 0.1) is 5.92 Å². The van der Waals surface area contributed by atoms with Crippen LogP contribution in [0.4, 0.5) is 0 Å². The van der Waals surface area contributed by atoms with Gasteiger partial charge in [0.2, 0.25) is 0 Å². The fraction of sp³-hybridized carbons (Fsp3) is 0.667. The van der Waals surface area contributed by atoms with E-state index in [1.807, 2.05) is 13.8 Å². The number of hydrogen-bond donors (Lipinski definition) is 3. The summed E-state index contributed by atoms with van der Waals surface area (Å²) in [5.74, 6) is -0.0417. The molecule has 3 unspecified atom stereocenters. The largest absolute Gasteiger partial charge is 0.464 e. The van der Waals surface area contributed by atoms with Crippen LogP contribution in [-0.4, -0.2) is 59.9 Å². The van der Waals surface area contributed by atoms with Crippen LogP contribution in [0.1, 0.15) is 40.5 Å². The van der Waals surface area contributed by atoms with Crippen LogP contribution in [-0.2, 0) is 23.4 Å². The third kappa shape index (κ3) is 7.56. The highest BCUT2D eigenvalue weighted by atomic mass is 31.2. The summed E-state index contributed by atoms with van der Waals surface area (Å²) < 4.78 is 35.2. The summed E-state index contributed by atoms with van der Waals surface area (Å²) in [5.41, 5.74) is 0. The summed E-state index contributed by atoms with van der Waals surface area (Å²) in [6.07, 6.45) is -1.98. The first-order valence-corrected chi connectivity index (χ1v) is 12.2. The summed E-state index contributed by atoms with van der Waals surface area (Å²) in [7, 11) is -4.05. The lowest BCUT2D eigenvalue weighted by molar-refractivity contribution is -0.146. The highest BCUT2D eigenvalue weighted by molar-refractivity contribution is 7.52. The number of benzene rings is 1. The van der Waals surface area contributed by atoms with Gasteiger partial charge >= 0.3 is 13.7 Å². The molecule has 0 bridgehead atoms. The van der Waals surface area contributed by atoms with Crippen LogP contribution in [0.5, 0.6) is 5.75 Å². The Morgan fingerprint density at radius 2 is 1.84 bits per heavy atom. The molecule has 31 heavy (non-hydrogen) atoms. The average molecular weight is 459 g/mol. The molecule has 3 N–H and O–H groups in total. The van der Waals surface area contributed by atoms with Gasteiger partial charge in [0.25, 0.3) is 0 Å². The van der Waals surface area contributed by atoms with E-state index in [2.05, 4.69) is 5.09 Å². The van der Waals surface area contributed by atoms with Crippen molar-refractivity contribution in [3.63, 3.8) is 0 Å². The van der Waals surface area contributed by atoms with Crippen LogP contribution in [0.2, 0.25) is 0 Å². The fourth-order valence-electron chi connectivity index (χ4n) is 3.09. The van der Waals surface area contributed by atoms with Gasteiger partial charge in [0.1, 0.15) is 30.1 Å². The van der Waals surface area contributed by atoms with Crippen molar-refractivity contribution in [2.75, 3.05) is 13.2 Å². The van der Waals surface area contributed by atoms with Gasteiger partial charge in [-0.25, -0.2) is 4.57 Å². The molecule has 6 atom stereocenters. The van der Waals surface area contributed by atoms with E-state index in [1.54, 1.807) is 37.3 Å². The van der Waals surface area contributed by atoms with Gasteiger partial charge in [0.15, 0.2) is 0 Å². The van der Waals surface area contributed by atoms with Gasteiger partial charge in [-0.1, -0.05) is 44.9 Å². The Kier molecular flexibility index (Phi) is 9.93. The maximum Gasteiger partial charge on any atom is 0.459 e. The maximum atomic E-state index is 13.4. The van der Waals surface area contributed by atoms with Crippen molar-refractivity contribution in [3.05, 3.63) is 30.3 Å².